The van der Waals surface area contributed by atoms with E-state index in [0.29, 0.717) is 13.1 Å². The van der Waals surface area contributed by atoms with Gasteiger partial charge in [-0.3, -0.25) is 4.79 Å². The normalized spacial score (nSPS) is 14.3. The zero-order chi connectivity index (χ0) is 21.7. The number of carbonyl (C=O) groups is 3. The number of Topliss-reactive ketones (excluding diaryl/α,β-unsaturated/α-hetero) is 1. The molecule has 0 saturated carbocycles. The van der Waals surface area contributed by atoms with Crippen molar-refractivity contribution in [3.8, 4) is 0 Å². The molecule has 3 rings (SSSR count). The second-order valence-corrected chi connectivity index (χ2v) is 8.64. The monoisotopic (exact) mass is 431 g/mol. The summed E-state index contributed by atoms with van der Waals surface area (Å²) in [5.41, 5.74) is 0.709. The van der Waals surface area contributed by atoms with E-state index in [2.05, 4.69) is 4.74 Å². The van der Waals surface area contributed by atoms with Crippen molar-refractivity contribution < 1.29 is 32.3 Å². The maximum Gasteiger partial charge on any atom is 0.338 e. The van der Waals surface area contributed by atoms with Crippen LogP contribution >= 0.6 is 0 Å². The van der Waals surface area contributed by atoms with Crippen LogP contribution in [0, 0.1) is 0 Å². The first-order valence-electron chi connectivity index (χ1n) is 9.32. The molecular weight excluding hydrogens is 410 g/mol. The number of carbonyl (C=O) groups excluding carboxylic acids is 3. The quantitative estimate of drug-likeness (QED) is 0.489. The van der Waals surface area contributed by atoms with Crippen LogP contribution in [0.15, 0.2) is 53.4 Å². The lowest BCUT2D eigenvalue weighted by molar-refractivity contribution is 0.0474. The minimum Gasteiger partial charge on any atom is -0.465 e. The third-order valence-electron chi connectivity index (χ3n) is 4.76. The molecule has 0 radical (unpaired) electrons. The van der Waals surface area contributed by atoms with E-state index in [0.717, 1.165) is 12.8 Å². The maximum absolute atomic E-state index is 12.5. The zero-order valence-electron chi connectivity index (χ0n) is 16.4. The number of hydrogen-bond donors (Lipinski definition) is 0. The van der Waals surface area contributed by atoms with Crippen LogP contribution in [-0.2, 0) is 19.5 Å². The minimum atomic E-state index is -3.55. The van der Waals surface area contributed by atoms with E-state index in [1.165, 1.54) is 59.9 Å². The van der Waals surface area contributed by atoms with Gasteiger partial charge in [-0.15, -0.1) is 0 Å². The molecule has 0 amide bonds. The number of nitrogens with zero attached hydrogens (tertiary/aromatic N) is 1. The lowest BCUT2D eigenvalue weighted by Gasteiger charge is -2.15. The molecule has 0 aliphatic carbocycles. The summed E-state index contributed by atoms with van der Waals surface area (Å²) in [4.78, 5) is 35.9. The number of sulfonamides is 1. The fourth-order valence-electron chi connectivity index (χ4n) is 3.05. The zero-order valence-corrected chi connectivity index (χ0v) is 17.2. The van der Waals surface area contributed by atoms with Gasteiger partial charge in [0.1, 0.15) is 0 Å². The molecule has 1 saturated heterocycles. The van der Waals surface area contributed by atoms with Gasteiger partial charge in [0.15, 0.2) is 12.4 Å². The van der Waals surface area contributed by atoms with E-state index in [-0.39, 0.29) is 21.6 Å². The topological polar surface area (TPSA) is 107 Å². The third-order valence-corrected chi connectivity index (χ3v) is 6.67. The van der Waals surface area contributed by atoms with E-state index in [1.807, 2.05) is 0 Å². The van der Waals surface area contributed by atoms with Crippen molar-refractivity contribution in [3.63, 3.8) is 0 Å². The molecule has 2 aromatic carbocycles. The third kappa shape index (κ3) is 4.74. The van der Waals surface area contributed by atoms with E-state index in [1.54, 1.807) is 0 Å². The summed E-state index contributed by atoms with van der Waals surface area (Å²) < 4.78 is 36.1. The summed E-state index contributed by atoms with van der Waals surface area (Å²) >= 11 is 0. The lowest BCUT2D eigenvalue weighted by Crippen LogP contribution is -2.27. The molecule has 2 aromatic rings. The average Bonchev–Trinajstić information content (AvgIpc) is 3.33. The van der Waals surface area contributed by atoms with Gasteiger partial charge in [-0.25, -0.2) is 18.0 Å². The van der Waals surface area contributed by atoms with Crippen LogP contribution in [0.5, 0.6) is 0 Å². The summed E-state index contributed by atoms with van der Waals surface area (Å²) in [6.45, 7) is 0.509. The number of hydrogen-bond acceptors (Lipinski definition) is 7. The Labute approximate surface area is 174 Å². The number of rotatable bonds is 7. The summed E-state index contributed by atoms with van der Waals surface area (Å²) in [6.07, 6.45) is 1.68. The number of benzene rings is 2. The molecule has 158 valence electrons. The molecule has 0 spiro atoms. The molecule has 1 aliphatic heterocycles. The summed E-state index contributed by atoms with van der Waals surface area (Å²) in [6, 6.07) is 11.2. The Hall–Kier alpha value is -3.04. The summed E-state index contributed by atoms with van der Waals surface area (Å²) in [5.74, 6) is -1.70. The first kappa shape index (κ1) is 21.7. The van der Waals surface area contributed by atoms with Crippen molar-refractivity contribution in [3.05, 3.63) is 65.2 Å². The van der Waals surface area contributed by atoms with Crippen molar-refractivity contribution in [2.24, 2.45) is 0 Å². The predicted molar refractivity (Wildman–Crippen MR) is 107 cm³/mol. The molecule has 0 N–H and O–H groups in total. The second kappa shape index (κ2) is 9.19. The Kier molecular flexibility index (Phi) is 6.63. The fourth-order valence-corrected chi connectivity index (χ4v) is 4.57. The molecule has 1 heterocycles. The molecule has 1 aliphatic rings. The van der Waals surface area contributed by atoms with Crippen LogP contribution in [-0.4, -0.2) is 57.3 Å². The molecule has 0 unspecified atom stereocenters. The Bertz CT molecular complexity index is 1040. The van der Waals surface area contributed by atoms with Crippen LogP contribution in [0.2, 0.25) is 0 Å². The summed E-state index contributed by atoms with van der Waals surface area (Å²) in [5, 5.41) is 0. The molecule has 9 heteroatoms. The average molecular weight is 431 g/mol. The standard InChI is InChI=1S/C21H21NO7S/c1-28-20(24)16-4-6-17(7-5-16)21(25)29-14-19(23)15-8-10-18(11-9-15)30(26,27)22-12-2-3-13-22/h4-11H,2-3,12-14H2,1H3. The van der Waals surface area contributed by atoms with Gasteiger partial charge in [0.05, 0.1) is 23.1 Å². The molecule has 0 aromatic heterocycles. The largest absolute Gasteiger partial charge is 0.465 e. The van der Waals surface area contributed by atoms with Crippen molar-refractivity contribution >= 4 is 27.7 Å². The minimum absolute atomic E-state index is 0.128. The highest BCUT2D eigenvalue weighted by atomic mass is 32.2. The first-order valence-corrected chi connectivity index (χ1v) is 10.8. The van der Waals surface area contributed by atoms with Crippen molar-refractivity contribution in [2.45, 2.75) is 17.7 Å². The van der Waals surface area contributed by atoms with Gasteiger partial charge in [-0.1, -0.05) is 0 Å². The number of ether oxygens (including phenoxy) is 2. The van der Waals surface area contributed by atoms with E-state index < -0.39 is 34.4 Å². The Morgan fingerprint density at radius 3 is 1.87 bits per heavy atom. The van der Waals surface area contributed by atoms with Gasteiger partial charge in [0.25, 0.3) is 0 Å². The summed E-state index contributed by atoms with van der Waals surface area (Å²) in [7, 11) is -2.30. The van der Waals surface area contributed by atoms with Crippen LogP contribution in [0.4, 0.5) is 0 Å². The Morgan fingerprint density at radius 1 is 0.833 bits per heavy atom. The van der Waals surface area contributed by atoms with Crippen LogP contribution in [0.25, 0.3) is 0 Å². The van der Waals surface area contributed by atoms with Crippen LogP contribution in [0.3, 0.4) is 0 Å². The molecular formula is C21H21NO7S. The van der Waals surface area contributed by atoms with E-state index >= 15 is 0 Å². The van der Waals surface area contributed by atoms with Crippen LogP contribution in [0.1, 0.15) is 43.9 Å². The first-order chi connectivity index (χ1) is 14.3. The van der Waals surface area contributed by atoms with E-state index in [4.69, 9.17) is 4.74 Å². The van der Waals surface area contributed by atoms with Gasteiger partial charge in [0, 0.05) is 18.7 Å². The number of methoxy groups -OCH3 is 1. The van der Waals surface area contributed by atoms with Crippen molar-refractivity contribution in [1.29, 1.82) is 0 Å². The predicted octanol–water partition coefficient (Wildman–Crippen LogP) is 2.30. The molecule has 30 heavy (non-hydrogen) atoms. The number of ketones is 1. The number of esters is 2. The van der Waals surface area contributed by atoms with Gasteiger partial charge in [-0.2, -0.15) is 4.31 Å². The smallest absolute Gasteiger partial charge is 0.338 e. The highest BCUT2D eigenvalue weighted by molar-refractivity contribution is 7.89. The SMILES string of the molecule is COC(=O)c1ccc(C(=O)OCC(=O)c2ccc(S(=O)(=O)N3CCCC3)cc2)cc1. The maximum atomic E-state index is 12.5. The molecule has 8 nitrogen and oxygen atoms in total. The van der Waals surface area contributed by atoms with Gasteiger partial charge < -0.3 is 9.47 Å². The van der Waals surface area contributed by atoms with Gasteiger partial charge in [0.2, 0.25) is 10.0 Å². The Balaban J connectivity index is 1.59. The molecule has 0 atom stereocenters. The van der Waals surface area contributed by atoms with Gasteiger partial charge >= 0.3 is 11.9 Å². The van der Waals surface area contributed by atoms with Crippen molar-refractivity contribution in [2.75, 3.05) is 26.8 Å². The second-order valence-electron chi connectivity index (χ2n) is 6.70. The highest BCUT2D eigenvalue weighted by Crippen LogP contribution is 2.21. The lowest BCUT2D eigenvalue weighted by atomic mass is 10.1. The molecule has 1 fully saturated rings. The van der Waals surface area contributed by atoms with Gasteiger partial charge in [-0.05, 0) is 61.4 Å². The van der Waals surface area contributed by atoms with Crippen LogP contribution < -0.4 is 0 Å². The van der Waals surface area contributed by atoms with Crippen molar-refractivity contribution in [1.82, 2.24) is 4.31 Å². The molecule has 0 bridgehead atoms. The highest BCUT2D eigenvalue weighted by Gasteiger charge is 2.27. The van der Waals surface area contributed by atoms with E-state index in [9.17, 15) is 22.8 Å². The fraction of sp³-hybridized carbons (Fsp3) is 0.286. The Morgan fingerprint density at radius 2 is 1.33 bits per heavy atom.